The van der Waals surface area contributed by atoms with Gasteiger partial charge in [0.25, 0.3) is 5.56 Å². The number of aromatic nitrogens is 3. The van der Waals surface area contributed by atoms with Gasteiger partial charge in [-0.2, -0.15) is 0 Å². The number of fused-ring (bicyclic) bond motifs is 1. The number of nitrogen functional groups attached to an aromatic ring is 1. The van der Waals surface area contributed by atoms with Crippen LogP contribution in [0.1, 0.15) is 5.82 Å². The number of nitrogens with two attached hydrogens (primary N) is 1. The van der Waals surface area contributed by atoms with Crippen molar-refractivity contribution in [2.45, 2.75) is 6.92 Å². The number of hydrogen-bond donors (Lipinski definition) is 1. The SMILES string of the molecule is Cc1nc2ncccc2c(=O)n1-c1ccc(N)cc1. The van der Waals surface area contributed by atoms with Crippen molar-refractivity contribution in [3.63, 3.8) is 0 Å². The monoisotopic (exact) mass is 252 g/mol. The quantitative estimate of drug-likeness (QED) is 0.668. The van der Waals surface area contributed by atoms with E-state index in [1.165, 1.54) is 0 Å². The van der Waals surface area contributed by atoms with Crippen molar-refractivity contribution >= 4 is 16.7 Å². The van der Waals surface area contributed by atoms with Crippen molar-refractivity contribution in [3.8, 4) is 5.69 Å². The van der Waals surface area contributed by atoms with Crippen LogP contribution in [0.2, 0.25) is 0 Å². The van der Waals surface area contributed by atoms with Gasteiger partial charge in [-0.15, -0.1) is 0 Å². The van der Waals surface area contributed by atoms with Crippen LogP contribution in [0.15, 0.2) is 47.4 Å². The van der Waals surface area contributed by atoms with Crippen molar-refractivity contribution in [1.29, 1.82) is 0 Å². The Hall–Kier alpha value is -2.69. The predicted molar refractivity (Wildman–Crippen MR) is 74.3 cm³/mol. The molecule has 2 N–H and O–H groups in total. The second-order valence-electron chi connectivity index (χ2n) is 4.27. The molecule has 0 atom stereocenters. The van der Waals surface area contributed by atoms with Crippen LogP contribution in [-0.4, -0.2) is 14.5 Å². The number of nitrogens with zero attached hydrogens (tertiary/aromatic N) is 3. The van der Waals surface area contributed by atoms with Crippen LogP contribution >= 0.6 is 0 Å². The highest BCUT2D eigenvalue weighted by Crippen LogP contribution is 2.12. The van der Waals surface area contributed by atoms with E-state index in [0.717, 1.165) is 5.69 Å². The summed E-state index contributed by atoms with van der Waals surface area (Å²) < 4.78 is 1.56. The minimum atomic E-state index is -0.125. The van der Waals surface area contributed by atoms with Gasteiger partial charge in [0.2, 0.25) is 0 Å². The van der Waals surface area contributed by atoms with Gasteiger partial charge in [0.1, 0.15) is 5.82 Å². The maximum absolute atomic E-state index is 12.5. The summed E-state index contributed by atoms with van der Waals surface area (Å²) in [5, 5.41) is 0.505. The summed E-state index contributed by atoms with van der Waals surface area (Å²) in [4.78, 5) is 20.9. The molecule has 0 fully saturated rings. The Morgan fingerprint density at radius 3 is 2.63 bits per heavy atom. The van der Waals surface area contributed by atoms with Crippen LogP contribution in [0.4, 0.5) is 5.69 Å². The lowest BCUT2D eigenvalue weighted by Crippen LogP contribution is -2.22. The highest BCUT2D eigenvalue weighted by Gasteiger charge is 2.09. The van der Waals surface area contributed by atoms with Crippen molar-refractivity contribution < 1.29 is 0 Å². The molecule has 3 aromatic rings. The Morgan fingerprint density at radius 1 is 1.16 bits per heavy atom. The molecule has 0 unspecified atom stereocenters. The predicted octanol–water partition coefficient (Wildman–Crippen LogP) is 1.67. The first-order chi connectivity index (χ1) is 9.16. The van der Waals surface area contributed by atoms with Crippen LogP contribution < -0.4 is 11.3 Å². The first-order valence-electron chi connectivity index (χ1n) is 5.87. The summed E-state index contributed by atoms with van der Waals surface area (Å²) >= 11 is 0. The van der Waals surface area contributed by atoms with Gasteiger partial charge in [-0.3, -0.25) is 9.36 Å². The third-order valence-corrected chi connectivity index (χ3v) is 2.96. The van der Waals surface area contributed by atoms with E-state index >= 15 is 0 Å². The summed E-state index contributed by atoms with van der Waals surface area (Å²) in [5.41, 5.74) is 7.41. The summed E-state index contributed by atoms with van der Waals surface area (Å²) in [6.07, 6.45) is 1.63. The van der Waals surface area contributed by atoms with Gasteiger partial charge in [0.15, 0.2) is 5.65 Å². The van der Waals surface area contributed by atoms with Crippen LogP contribution in [0.3, 0.4) is 0 Å². The van der Waals surface area contributed by atoms with Gasteiger partial charge in [-0.05, 0) is 43.3 Å². The number of hydrogen-bond acceptors (Lipinski definition) is 4. The van der Waals surface area contributed by atoms with E-state index in [1.54, 1.807) is 54.1 Å². The molecule has 0 saturated carbocycles. The number of pyridine rings is 1. The van der Waals surface area contributed by atoms with Crippen molar-refractivity contribution in [2.24, 2.45) is 0 Å². The van der Waals surface area contributed by atoms with E-state index in [1.807, 2.05) is 0 Å². The topological polar surface area (TPSA) is 73.8 Å². The molecule has 0 aliphatic rings. The molecule has 94 valence electrons. The summed E-state index contributed by atoms with van der Waals surface area (Å²) in [5.74, 6) is 0.598. The normalized spacial score (nSPS) is 10.8. The van der Waals surface area contributed by atoms with Gasteiger partial charge in [0, 0.05) is 11.9 Å². The largest absolute Gasteiger partial charge is 0.399 e. The average Bonchev–Trinajstić information content (AvgIpc) is 2.41. The van der Waals surface area contributed by atoms with Crippen LogP contribution in [0, 0.1) is 6.92 Å². The minimum absolute atomic E-state index is 0.125. The molecule has 19 heavy (non-hydrogen) atoms. The molecule has 1 aromatic carbocycles. The van der Waals surface area contributed by atoms with Gasteiger partial charge in [-0.1, -0.05) is 0 Å². The molecule has 2 aromatic heterocycles. The molecule has 2 heterocycles. The lowest BCUT2D eigenvalue weighted by molar-refractivity contribution is 0.889. The van der Waals surface area contributed by atoms with Crippen LogP contribution in [-0.2, 0) is 0 Å². The van der Waals surface area contributed by atoms with E-state index in [9.17, 15) is 4.79 Å². The summed E-state index contributed by atoms with van der Waals surface area (Å²) in [6.45, 7) is 1.78. The highest BCUT2D eigenvalue weighted by molar-refractivity contribution is 5.73. The Balaban J connectivity index is 2.35. The first-order valence-corrected chi connectivity index (χ1v) is 5.87. The fourth-order valence-electron chi connectivity index (χ4n) is 2.05. The maximum Gasteiger partial charge on any atom is 0.267 e. The molecule has 0 radical (unpaired) electrons. The molecule has 5 heteroatoms. The summed E-state index contributed by atoms with van der Waals surface area (Å²) in [6, 6.07) is 10.6. The third-order valence-electron chi connectivity index (χ3n) is 2.96. The van der Waals surface area contributed by atoms with Crippen LogP contribution in [0.25, 0.3) is 16.7 Å². The number of aryl methyl sites for hydroxylation is 1. The van der Waals surface area contributed by atoms with E-state index < -0.39 is 0 Å². The Morgan fingerprint density at radius 2 is 1.89 bits per heavy atom. The Kier molecular flexibility index (Phi) is 2.52. The molecule has 0 spiro atoms. The molecule has 0 amide bonds. The van der Waals surface area contributed by atoms with Gasteiger partial charge in [-0.25, -0.2) is 9.97 Å². The average molecular weight is 252 g/mol. The fraction of sp³-hybridized carbons (Fsp3) is 0.0714. The lowest BCUT2D eigenvalue weighted by Gasteiger charge is -2.10. The molecule has 0 aliphatic carbocycles. The van der Waals surface area contributed by atoms with Crippen LogP contribution in [0.5, 0.6) is 0 Å². The zero-order chi connectivity index (χ0) is 13.4. The second kappa shape index (κ2) is 4.20. The van der Waals surface area contributed by atoms with Gasteiger partial charge in [0.05, 0.1) is 11.1 Å². The van der Waals surface area contributed by atoms with Crippen molar-refractivity contribution in [3.05, 3.63) is 58.8 Å². The molecule has 5 nitrogen and oxygen atoms in total. The Bertz CT molecular complexity index is 806. The van der Waals surface area contributed by atoms with Crippen molar-refractivity contribution in [2.75, 3.05) is 5.73 Å². The smallest absolute Gasteiger partial charge is 0.267 e. The zero-order valence-corrected chi connectivity index (χ0v) is 10.4. The zero-order valence-electron chi connectivity index (χ0n) is 10.4. The molecule has 0 bridgehead atoms. The van der Waals surface area contributed by atoms with Crippen molar-refractivity contribution in [1.82, 2.24) is 14.5 Å². The molecular formula is C14H12N4O. The fourth-order valence-corrected chi connectivity index (χ4v) is 2.05. The van der Waals surface area contributed by atoms with E-state index in [0.29, 0.717) is 22.5 Å². The third kappa shape index (κ3) is 1.85. The van der Waals surface area contributed by atoms with Gasteiger partial charge < -0.3 is 5.73 Å². The maximum atomic E-state index is 12.5. The highest BCUT2D eigenvalue weighted by atomic mass is 16.1. The number of rotatable bonds is 1. The summed E-state index contributed by atoms with van der Waals surface area (Å²) in [7, 11) is 0. The van der Waals surface area contributed by atoms with Gasteiger partial charge >= 0.3 is 0 Å². The first kappa shape index (κ1) is 11.4. The number of anilines is 1. The van der Waals surface area contributed by atoms with E-state index in [2.05, 4.69) is 9.97 Å². The Labute approximate surface area is 109 Å². The standard InChI is InChI=1S/C14H12N4O/c1-9-17-13-12(3-2-8-16-13)14(19)18(9)11-6-4-10(15)5-7-11/h2-8H,15H2,1H3. The minimum Gasteiger partial charge on any atom is -0.399 e. The number of benzene rings is 1. The molecular weight excluding hydrogens is 240 g/mol. The second-order valence-corrected chi connectivity index (χ2v) is 4.27. The van der Waals surface area contributed by atoms with E-state index in [4.69, 9.17) is 5.73 Å². The molecule has 3 rings (SSSR count). The lowest BCUT2D eigenvalue weighted by atomic mass is 10.2. The molecule has 0 aliphatic heterocycles. The molecule has 0 saturated heterocycles. The van der Waals surface area contributed by atoms with E-state index in [-0.39, 0.29) is 5.56 Å².